The maximum absolute atomic E-state index is 13.1. The number of carbonyl (C=O) groups is 1. The smallest absolute Gasteiger partial charge is 0.226 e. The molecule has 2 atom stereocenters. The molecule has 0 aromatic heterocycles. The number of rotatable bonds is 3. The number of likely N-dealkylation sites (tertiary alicyclic amines) is 1. The van der Waals surface area contributed by atoms with E-state index in [2.05, 4.69) is 0 Å². The summed E-state index contributed by atoms with van der Waals surface area (Å²) in [5.41, 5.74) is 2.97. The highest BCUT2D eigenvalue weighted by molar-refractivity contribution is 6.31. The Bertz CT molecular complexity index is 851. The highest BCUT2D eigenvalue weighted by atomic mass is 35.5. The topological polar surface area (TPSA) is 60.8 Å². The summed E-state index contributed by atoms with van der Waals surface area (Å²) >= 11 is 6.21. The monoisotopic (exact) mass is 371 g/mol. The molecule has 2 aromatic carbocycles. The highest BCUT2D eigenvalue weighted by Gasteiger charge is 2.38. The quantitative estimate of drug-likeness (QED) is 0.849. The van der Waals surface area contributed by atoms with Crippen LogP contribution < -0.4 is 0 Å². The van der Waals surface area contributed by atoms with Crippen LogP contribution in [-0.2, 0) is 17.6 Å². The van der Waals surface area contributed by atoms with Crippen LogP contribution >= 0.6 is 11.6 Å². The Hall–Kier alpha value is -2.20. The van der Waals surface area contributed by atoms with E-state index >= 15 is 0 Å². The second-order valence-electron chi connectivity index (χ2n) is 7.25. The summed E-state index contributed by atoms with van der Waals surface area (Å²) in [7, 11) is 0. The van der Waals surface area contributed by atoms with Crippen LogP contribution in [0.4, 0.5) is 0 Å². The third kappa shape index (κ3) is 3.03. The molecule has 1 fully saturated rings. The summed E-state index contributed by atoms with van der Waals surface area (Å²) in [5, 5.41) is 20.1. The lowest BCUT2D eigenvalue weighted by Crippen LogP contribution is -2.34. The fourth-order valence-corrected chi connectivity index (χ4v) is 4.61. The van der Waals surface area contributed by atoms with Crippen LogP contribution in [0.1, 0.15) is 42.0 Å². The highest BCUT2D eigenvalue weighted by Crippen LogP contribution is 2.41. The van der Waals surface area contributed by atoms with Crippen molar-refractivity contribution < 1.29 is 15.0 Å². The van der Waals surface area contributed by atoms with Crippen molar-refractivity contribution in [1.82, 2.24) is 4.90 Å². The van der Waals surface area contributed by atoms with Crippen LogP contribution in [0.25, 0.3) is 0 Å². The van der Waals surface area contributed by atoms with Gasteiger partial charge in [0.05, 0.1) is 6.04 Å². The summed E-state index contributed by atoms with van der Waals surface area (Å²) in [6, 6.07) is 10.6. The third-order valence-electron chi connectivity index (χ3n) is 5.68. The fraction of sp³-hybridized carbons (Fsp3) is 0.381. The minimum Gasteiger partial charge on any atom is -0.508 e. The van der Waals surface area contributed by atoms with Crippen molar-refractivity contribution >= 4 is 17.5 Å². The second-order valence-corrected chi connectivity index (χ2v) is 7.66. The maximum atomic E-state index is 13.1. The van der Waals surface area contributed by atoms with Crippen molar-refractivity contribution in [3.05, 3.63) is 58.1 Å². The van der Waals surface area contributed by atoms with Crippen molar-refractivity contribution in [3.63, 3.8) is 0 Å². The predicted molar refractivity (Wildman–Crippen MR) is 100 cm³/mol. The minimum absolute atomic E-state index is 0.0543. The summed E-state index contributed by atoms with van der Waals surface area (Å²) < 4.78 is 0. The lowest BCUT2D eigenvalue weighted by Gasteiger charge is -2.33. The van der Waals surface area contributed by atoms with Crippen molar-refractivity contribution in [3.8, 4) is 11.5 Å². The molecule has 0 spiro atoms. The van der Waals surface area contributed by atoms with Crippen molar-refractivity contribution in [1.29, 1.82) is 0 Å². The molecule has 2 N–H and O–H groups in total. The van der Waals surface area contributed by atoms with Gasteiger partial charge in [-0.05, 0) is 67.0 Å². The molecule has 4 nitrogen and oxygen atoms in total. The van der Waals surface area contributed by atoms with Crippen molar-refractivity contribution in [2.45, 2.75) is 38.1 Å². The Kier molecular flexibility index (Phi) is 4.53. The first-order valence-electron chi connectivity index (χ1n) is 9.13. The van der Waals surface area contributed by atoms with Gasteiger partial charge in [0, 0.05) is 17.5 Å². The van der Waals surface area contributed by atoms with E-state index in [9.17, 15) is 15.0 Å². The van der Waals surface area contributed by atoms with E-state index in [0.717, 1.165) is 48.9 Å². The normalized spacial score (nSPS) is 22.5. The molecule has 1 amide bonds. The Labute approximate surface area is 158 Å². The maximum Gasteiger partial charge on any atom is 0.226 e. The molecule has 2 unspecified atom stereocenters. The average Bonchev–Trinajstić information content (AvgIpc) is 2.98. The SMILES string of the molecule is O=C1C(Cc2ccc(O)cc2Cl)CCN1C1CCCc2c(O)cccc21. The molecule has 2 aromatic rings. The number of aromatic hydroxyl groups is 2. The summed E-state index contributed by atoms with van der Waals surface area (Å²) in [6.07, 6.45) is 4.18. The van der Waals surface area contributed by atoms with Crippen molar-refractivity contribution in [2.24, 2.45) is 5.92 Å². The van der Waals surface area contributed by atoms with Crippen LogP contribution in [0.15, 0.2) is 36.4 Å². The average molecular weight is 372 g/mol. The standard InChI is InChI=1S/C21H22ClNO3/c22-18-12-15(24)8-7-13(18)11-14-9-10-23(21(14)26)19-5-1-4-17-16(19)3-2-6-20(17)25/h2-3,6-8,12,14,19,24-25H,1,4-5,9-11H2. The molecule has 1 saturated heterocycles. The number of amides is 1. The van der Waals surface area contributed by atoms with Gasteiger partial charge in [-0.1, -0.05) is 29.8 Å². The molecule has 0 saturated carbocycles. The van der Waals surface area contributed by atoms with E-state index in [0.29, 0.717) is 17.2 Å². The molecule has 0 bridgehead atoms. The molecule has 2 aliphatic rings. The summed E-state index contributed by atoms with van der Waals surface area (Å²) in [5.74, 6) is 0.554. The van der Waals surface area contributed by atoms with Crippen LogP contribution in [0.5, 0.6) is 11.5 Å². The largest absolute Gasteiger partial charge is 0.508 e. The van der Waals surface area contributed by atoms with Crippen molar-refractivity contribution in [2.75, 3.05) is 6.54 Å². The molecule has 4 rings (SSSR count). The Morgan fingerprint density at radius 3 is 2.81 bits per heavy atom. The third-order valence-corrected chi connectivity index (χ3v) is 6.03. The first-order chi connectivity index (χ1) is 12.5. The zero-order valence-electron chi connectivity index (χ0n) is 14.5. The number of hydrogen-bond acceptors (Lipinski definition) is 3. The summed E-state index contributed by atoms with van der Waals surface area (Å²) in [4.78, 5) is 15.0. The molecule has 1 aliphatic carbocycles. The van der Waals surface area contributed by atoms with E-state index < -0.39 is 0 Å². The molecule has 136 valence electrons. The molecular weight excluding hydrogens is 350 g/mol. The Balaban J connectivity index is 1.54. The number of nitrogens with zero attached hydrogens (tertiary/aromatic N) is 1. The van der Waals surface area contributed by atoms with Gasteiger partial charge in [-0.3, -0.25) is 4.79 Å². The second kappa shape index (κ2) is 6.84. The van der Waals surface area contributed by atoms with Gasteiger partial charge >= 0.3 is 0 Å². The number of carbonyl (C=O) groups excluding carboxylic acids is 1. The van der Waals surface area contributed by atoms with Crippen LogP contribution in [0.3, 0.4) is 0 Å². The van der Waals surface area contributed by atoms with Crippen LogP contribution in [-0.4, -0.2) is 27.6 Å². The zero-order valence-corrected chi connectivity index (χ0v) is 15.2. The van der Waals surface area contributed by atoms with Gasteiger partial charge in [0.25, 0.3) is 0 Å². The van der Waals surface area contributed by atoms with Gasteiger partial charge in [-0.25, -0.2) is 0 Å². The van der Waals surface area contributed by atoms with E-state index in [1.165, 1.54) is 6.07 Å². The predicted octanol–water partition coefficient (Wildman–Crippen LogP) is 4.22. The van der Waals surface area contributed by atoms with E-state index in [1.807, 2.05) is 17.0 Å². The number of hydrogen-bond donors (Lipinski definition) is 2. The van der Waals surface area contributed by atoms with E-state index in [-0.39, 0.29) is 23.6 Å². The van der Waals surface area contributed by atoms with Gasteiger partial charge in [0.1, 0.15) is 11.5 Å². The molecule has 1 aliphatic heterocycles. The Morgan fingerprint density at radius 1 is 1.15 bits per heavy atom. The molecule has 0 radical (unpaired) electrons. The molecular formula is C21H22ClNO3. The zero-order chi connectivity index (χ0) is 18.3. The van der Waals surface area contributed by atoms with Gasteiger partial charge in [-0.2, -0.15) is 0 Å². The number of fused-ring (bicyclic) bond motifs is 1. The molecule has 1 heterocycles. The van der Waals surface area contributed by atoms with Gasteiger partial charge < -0.3 is 15.1 Å². The number of phenols is 2. The fourth-order valence-electron chi connectivity index (χ4n) is 4.36. The molecule has 5 heteroatoms. The number of benzene rings is 2. The Morgan fingerprint density at radius 2 is 2.00 bits per heavy atom. The number of phenolic OH excluding ortho intramolecular Hbond substituents is 2. The number of halogens is 1. The van der Waals surface area contributed by atoms with Crippen LogP contribution in [0, 0.1) is 5.92 Å². The van der Waals surface area contributed by atoms with Gasteiger partial charge in [-0.15, -0.1) is 0 Å². The van der Waals surface area contributed by atoms with E-state index in [4.69, 9.17) is 11.6 Å². The summed E-state index contributed by atoms with van der Waals surface area (Å²) in [6.45, 7) is 0.735. The first kappa shape index (κ1) is 17.2. The van der Waals surface area contributed by atoms with Crippen LogP contribution in [0.2, 0.25) is 5.02 Å². The lowest BCUT2D eigenvalue weighted by molar-refractivity contribution is -0.133. The van der Waals surface area contributed by atoms with E-state index in [1.54, 1.807) is 18.2 Å². The van der Waals surface area contributed by atoms with Gasteiger partial charge in [0.2, 0.25) is 5.91 Å². The minimum atomic E-state index is -0.0836. The first-order valence-corrected chi connectivity index (χ1v) is 9.51. The van der Waals surface area contributed by atoms with Gasteiger partial charge in [0.15, 0.2) is 0 Å². The lowest BCUT2D eigenvalue weighted by atomic mass is 9.86. The molecule has 26 heavy (non-hydrogen) atoms.